The fourth-order valence-corrected chi connectivity index (χ4v) is 3.32. The molecule has 9 heteroatoms. The van der Waals surface area contributed by atoms with Crippen LogP contribution in [-0.2, 0) is 12.5 Å². The van der Waals surface area contributed by atoms with Crippen LogP contribution in [0.25, 0.3) is 0 Å². The van der Waals surface area contributed by atoms with Crippen LogP contribution in [0.4, 0.5) is 25.0 Å². The summed E-state index contributed by atoms with van der Waals surface area (Å²) in [6.45, 7) is 0.638. The molecule has 0 spiro atoms. The van der Waals surface area contributed by atoms with Crippen LogP contribution in [0, 0.1) is 0 Å². The van der Waals surface area contributed by atoms with Crippen molar-refractivity contribution in [3.63, 3.8) is 0 Å². The highest BCUT2D eigenvalue weighted by molar-refractivity contribution is 6.10. The number of nitrogens with one attached hydrogen (secondary N) is 1. The van der Waals surface area contributed by atoms with Crippen molar-refractivity contribution in [1.82, 2.24) is 9.78 Å². The number of anilines is 2. The van der Waals surface area contributed by atoms with Crippen molar-refractivity contribution in [1.29, 1.82) is 0 Å². The first kappa shape index (κ1) is 18.6. The van der Waals surface area contributed by atoms with E-state index in [0.29, 0.717) is 12.2 Å². The maximum absolute atomic E-state index is 14.7. The molecule has 1 aromatic heterocycles. The number of amides is 2. The van der Waals surface area contributed by atoms with E-state index < -0.39 is 17.9 Å². The number of halogens is 2. The zero-order chi connectivity index (χ0) is 20.6. The number of carboxylic acid groups (broad SMARTS) is 1. The van der Waals surface area contributed by atoms with E-state index in [1.165, 1.54) is 52.2 Å². The first-order chi connectivity index (χ1) is 13.9. The first-order valence-corrected chi connectivity index (χ1v) is 8.79. The van der Waals surface area contributed by atoms with Crippen LogP contribution in [0.15, 0.2) is 60.8 Å². The molecule has 1 aliphatic rings. The van der Waals surface area contributed by atoms with Crippen LogP contribution in [0.3, 0.4) is 0 Å². The van der Waals surface area contributed by atoms with E-state index in [9.17, 15) is 18.4 Å². The normalized spacial score (nSPS) is 13.9. The molecule has 0 fully saturated rings. The minimum Gasteiger partial charge on any atom is -0.465 e. The molecule has 2 heterocycles. The molecule has 0 saturated carbocycles. The summed E-state index contributed by atoms with van der Waals surface area (Å²) in [5.41, 5.74) is 0.332. The van der Waals surface area contributed by atoms with Crippen molar-refractivity contribution in [3.8, 4) is 0 Å². The molecule has 0 atom stereocenters. The van der Waals surface area contributed by atoms with E-state index in [4.69, 9.17) is 5.11 Å². The number of nitrogens with zero attached hydrogens (tertiary/aromatic N) is 3. The standard InChI is InChI=1S/C20H16F2N4O3/c21-20(22,13-4-2-1-3-5-13)14-6-8-15(9-7-14)25-10-11-26-17(18(25)27)16(12-23-26)24-19(28)29/h1-9,12,24H,10-11H2,(H,28,29). The van der Waals surface area contributed by atoms with E-state index in [1.807, 2.05) is 0 Å². The molecule has 1 aliphatic heterocycles. The Morgan fingerprint density at radius 2 is 1.69 bits per heavy atom. The Morgan fingerprint density at radius 3 is 2.34 bits per heavy atom. The number of fused-ring (bicyclic) bond motifs is 1. The van der Waals surface area contributed by atoms with E-state index in [0.717, 1.165) is 0 Å². The summed E-state index contributed by atoms with van der Waals surface area (Å²) in [5.74, 6) is -3.62. The molecule has 0 radical (unpaired) electrons. The van der Waals surface area contributed by atoms with Gasteiger partial charge in [0, 0.05) is 23.4 Å². The molecule has 2 N–H and O–H groups in total. The molecule has 3 aromatic rings. The Labute approximate surface area is 164 Å². The Hall–Kier alpha value is -3.75. The molecule has 29 heavy (non-hydrogen) atoms. The number of carbonyl (C=O) groups is 2. The molecule has 0 unspecified atom stereocenters. The minimum absolute atomic E-state index is 0.0828. The van der Waals surface area contributed by atoms with Gasteiger partial charge in [0.25, 0.3) is 11.8 Å². The lowest BCUT2D eigenvalue weighted by molar-refractivity contribution is 0.0428. The molecule has 0 bridgehead atoms. The van der Waals surface area contributed by atoms with Crippen LogP contribution in [0.2, 0.25) is 0 Å². The maximum Gasteiger partial charge on any atom is 0.409 e. The minimum atomic E-state index is -3.16. The highest BCUT2D eigenvalue weighted by atomic mass is 19.3. The van der Waals surface area contributed by atoms with Crippen LogP contribution in [-0.4, -0.2) is 33.4 Å². The summed E-state index contributed by atoms with van der Waals surface area (Å²) in [7, 11) is 0. The van der Waals surface area contributed by atoms with Crippen LogP contribution >= 0.6 is 0 Å². The van der Waals surface area contributed by atoms with Crippen LogP contribution in [0.1, 0.15) is 21.6 Å². The summed E-state index contributed by atoms with van der Waals surface area (Å²) in [5, 5.41) is 15.1. The number of aromatic nitrogens is 2. The Bertz CT molecular complexity index is 1070. The summed E-state index contributed by atoms with van der Waals surface area (Å²) >= 11 is 0. The summed E-state index contributed by atoms with van der Waals surface area (Å²) in [6, 6.07) is 13.0. The molecule has 0 aliphatic carbocycles. The highest BCUT2D eigenvalue weighted by Crippen LogP contribution is 2.36. The second-order valence-electron chi connectivity index (χ2n) is 6.50. The first-order valence-electron chi connectivity index (χ1n) is 8.79. The van der Waals surface area contributed by atoms with Crippen molar-refractivity contribution < 1.29 is 23.5 Å². The van der Waals surface area contributed by atoms with E-state index in [1.54, 1.807) is 18.2 Å². The topological polar surface area (TPSA) is 87.5 Å². The predicted molar refractivity (Wildman–Crippen MR) is 101 cm³/mol. The Kier molecular flexibility index (Phi) is 4.50. The van der Waals surface area contributed by atoms with E-state index in [-0.39, 0.29) is 29.1 Å². The van der Waals surface area contributed by atoms with Gasteiger partial charge in [-0.25, -0.2) is 4.79 Å². The van der Waals surface area contributed by atoms with Gasteiger partial charge in [-0.05, 0) is 12.1 Å². The smallest absolute Gasteiger partial charge is 0.409 e. The van der Waals surface area contributed by atoms with Gasteiger partial charge in [0.2, 0.25) is 0 Å². The zero-order valence-corrected chi connectivity index (χ0v) is 15.0. The molecule has 148 valence electrons. The molecule has 7 nitrogen and oxygen atoms in total. The fraction of sp³-hybridized carbons (Fsp3) is 0.150. The molecule has 0 saturated heterocycles. The van der Waals surface area contributed by atoms with Gasteiger partial charge in [-0.15, -0.1) is 0 Å². The monoisotopic (exact) mass is 398 g/mol. The average Bonchev–Trinajstić information content (AvgIpc) is 3.12. The summed E-state index contributed by atoms with van der Waals surface area (Å²) < 4.78 is 30.8. The fourth-order valence-electron chi connectivity index (χ4n) is 3.32. The lowest BCUT2D eigenvalue weighted by Crippen LogP contribution is -2.41. The number of hydrogen-bond acceptors (Lipinski definition) is 3. The van der Waals surface area contributed by atoms with Crippen molar-refractivity contribution in [2.45, 2.75) is 12.5 Å². The predicted octanol–water partition coefficient (Wildman–Crippen LogP) is 3.77. The Balaban J connectivity index is 1.61. The highest BCUT2D eigenvalue weighted by Gasteiger charge is 2.34. The van der Waals surface area contributed by atoms with Gasteiger partial charge in [0.05, 0.1) is 18.4 Å². The summed E-state index contributed by atoms with van der Waals surface area (Å²) in [6.07, 6.45) is -0.0350. The second kappa shape index (κ2) is 7.01. The Morgan fingerprint density at radius 1 is 1.03 bits per heavy atom. The molecule has 2 amide bonds. The van der Waals surface area contributed by atoms with Crippen molar-refractivity contribution in [2.24, 2.45) is 0 Å². The number of rotatable bonds is 4. The maximum atomic E-state index is 14.7. The van der Waals surface area contributed by atoms with E-state index >= 15 is 0 Å². The third kappa shape index (κ3) is 3.31. The van der Waals surface area contributed by atoms with Gasteiger partial charge in [0.15, 0.2) is 5.69 Å². The van der Waals surface area contributed by atoms with Gasteiger partial charge in [-0.2, -0.15) is 13.9 Å². The quantitative estimate of drug-likeness (QED) is 0.700. The number of alkyl halides is 2. The number of benzene rings is 2. The van der Waals surface area contributed by atoms with Gasteiger partial charge in [0.1, 0.15) is 0 Å². The third-order valence-corrected chi connectivity index (χ3v) is 4.74. The third-order valence-electron chi connectivity index (χ3n) is 4.74. The van der Waals surface area contributed by atoms with Gasteiger partial charge in [-0.3, -0.25) is 14.8 Å². The van der Waals surface area contributed by atoms with Gasteiger partial charge in [-0.1, -0.05) is 42.5 Å². The van der Waals surface area contributed by atoms with Crippen LogP contribution in [0.5, 0.6) is 0 Å². The zero-order valence-electron chi connectivity index (χ0n) is 15.0. The molecular weight excluding hydrogens is 382 g/mol. The SMILES string of the molecule is O=C(O)Nc1cnn2c1C(=O)N(c1ccc(C(F)(F)c3ccccc3)cc1)CC2. The molecular formula is C20H16F2N4O3. The van der Waals surface area contributed by atoms with Crippen molar-refractivity contribution in [2.75, 3.05) is 16.8 Å². The summed E-state index contributed by atoms with van der Waals surface area (Å²) in [4.78, 5) is 25.2. The number of carbonyl (C=O) groups excluding carboxylic acids is 1. The van der Waals surface area contributed by atoms with Gasteiger partial charge >= 0.3 is 6.09 Å². The van der Waals surface area contributed by atoms with Gasteiger partial charge < -0.3 is 10.0 Å². The molecule has 4 rings (SSSR count). The largest absolute Gasteiger partial charge is 0.465 e. The van der Waals surface area contributed by atoms with Crippen LogP contribution < -0.4 is 10.2 Å². The lowest BCUT2D eigenvalue weighted by atomic mass is 10.00. The average molecular weight is 398 g/mol. The van der Waals surface area contributed by atoms with Crippen molar-refractivity contribution in [3.05, 3.63) is 77.6 Å². The van der Waals surface area contributed by atoms with Crippen molar-refractivity contribution >= 4 is 23.4 Å². The second-order valence-corrected chi connectivity index (χ2v) is 6.50. The molecule has 2 aromatic carbocycles. The number of hydrogen-bond donors (Lipinski definition) is 2. The lowest BCUT2D eigenvalue weighted by Gasteiger charge is -2.28. The van der Waals surface area contributed by atoms with E-state index in [2.05, 4.69) is 10.4 Å².